The van der Waals surface area contributed by atoms with Gasteiger partial charge in [0.2, 0.25) is 5.91 Å². The van der Waals surface area contributed by atoms with E-state index in [1.807, 2.05) is 18.7 Å². The maximum Gasteiger partial charge on any atom is 0.255 e. The van der Waals surface area contributed by atoms with Crippen LogP contribution in [0.25, 0.3) is 0 Å². The van der Waals surface area contributed by atoms with Gasteiger partial charge in [-0.1, -0.05) is 23.2 Å². The van der Waals surface area contributed by atoms with Crippen molar-refractivity contribution in [3.05, 3.63) is 33.8 Å². The quantitative estimate of drug-likeness (QED) is 0.824. The van der Waals surface area contributed by atoms with Gasteiger partial charge in [0, 0.05) is 37.1 Å². The molecule has 2 amide bonds. The highest BCUT2D eigenvalue weighted by Crippen LogP contribution is 2.25. The van der Waals surface area contributed by atoms with E-state index in [2.05, 4.69) is 0 Å². The zero-order valence-electron chi connectivity index (χ0n) is 13.5. The number of piperidine rings is 1. The molecule has 0 spiro atoms. The van der Waals surface area contributed by atoms with E-state index in [1.54, 1.807) is 23.1 Å². The second kappa shape index (κ2) is 8.02. The Balaban J connectivity index is 1.98. The van der Waals surface area contributed by atoms with Crippen LogP contribution in [-0.4, -0.2) is 47.8 Å². The van der Waals surface area contributed by atoms with Crippen LogP contribution in [0.4, 0.5) is 0 Å². The van der Waals surface area contributed by atoms with E-state index in [0.717, 1.165) is 13.1 Å². The van der Waals surface area contributed by atoms with Crippen LogP contribution >= 0.6 is 23.2 Å². The van der Waals surface area contributed by atoms with E-state index in [-0.39, 0.29) is 17.7 Å². The smallest absolute Gasteiger partial charge is 0.255 e. The van der Waals surface area contributed by atoms with Crippen molar-refractivity contribution < 1.29 is 9.59 Å². The fourth-order valence-electron chi connectivity index (χ4n) is 2.96. The number of likely N-dealkylation sites (tertiary alicyclic amines) is 1. The van der Waals surface area contributed by atoms with Crippen LogP contribution in [0.1, 0.15) is 37.0 Å². The molecule has 0 unspecified atom stereocenters. The summed E-state index contributed by atoms with van der Waals surface area (Å²) in [4.78, 5) is 28.6. The number of hydrogen-bond acceptors (Lipinski definition) is 2. The Morgan fingerprint density at radius 2 is 1.78 bits per heavy atom. The molecular weight excluding hydrogens is 335 g/mol. The van der Waals surface area contributed by atoms with Crippen molar-refractivity contribution in [1.82, 2.24) is 9.80 Å². The van der Waals surface area contributed by atoms with Crippen molar-refractivity contribution in [2.24, 2.45) is 5.92 Å². The van der Waals surface area contributed by atoms with Crippen LogP contribution < -0.4 is 0 Å². The number of hydrogen-bond donors (Lipinski definition) is 0. The molecule has 1 saturated heterocycles. The first-order chi connectivity index (χ1) is 11.0. The summed E-state index contributed by atoms with van der Waals surface area (Å²) in [5.41, 5.74) is 0.463. The van der Waals surface area contributed by atoms with Crippen molar-refractivity contribution in [2.75, 3.05) is 26.2 Å². The van der Waals surface area contributed by atoms with Crippen LogP contribution in [0.2, 0.25) is 10.0 Å². The average molecular weight is 357 g/mol. The van der Waals surface area contributed by atoms with E-state index in [4.69, 9.17) is 23.2 Å². The van der Waals surface area contributed by atoms with Gasteiger partial charge in [-0.3, -0.25) is 9.59 Å². The molecule has 0 atom stereocenters. The molecule has 2 rings (SSSR count). The number of amides is 2. The molecule has 126 valence electrons. The third-order valence-electron chi connectivity index (χ3n) is 4.37. The molecule has 1 aliphatic heterocycles. The van der Waals surface area contributed by atoms with Gasteiger partial charge in [0.15, 0.2) is 0 Å². The van der Waals surface area contributed by atoms with Gasteiger partial charge in [0.05, 0.1) is 10.6 Å². The zero-order chi connectivity index (χ0) is 17.0. The third kappa shape index (κ3) is 4.18. The molecular formula is C17H22Cl2N2O2. The molecule has 1 aromatic carbocycles. The first-order valence-electron chi connectivity index (χ1n) is 8.01. The molecule has 4 nitrogen and oxygen atoms in total. The standard InChI is InChI=1S/C17H22Cl2N2O2/c1-3-20(4-2)16(22)12-7-9-21(10-8-12)17(23)14-6-5-13(18)11-15(14)19/h5-6,11-12H,3-4,7-10H2,1-2H3. The van der Waals surface area contributed by atoms with E-state index in [0.29, 0.717) is 41.5 Å². The summed E-state index contributed by atoms with van der Waals surface area (Å²) in [6, 6.07) is 4.89. The maximum atomic E-state index is 12.6. The van der Waals surface area contributed by atoms with Crippen LogP contribution in [0, 0.1) is 5.92 Å². The van der Waals surface area contributed by atoms with Gasteiger partial charge >= 0.3 is 0 Å². The Hall–Kier alpha value is -1.26. The minimum absolute atomic E-state index is 0.0136. The van der Waals surface area contributed by atoms with E-state index in [9.17, 15) is 9.59 Å². The molecule has 1 aliphatic rings. The monoisotopic (exact) mass is 356 g/mol. The summed E-state index contributed by atoms with van der Waals surface area (Å²) in [5, 5.41) is 0.874. The summed E-state index contributed by atoms with van der Waals surface area (Å²) < 4.78 is 0. The molecule has 1 heterocycles. The van der Waals surface area contributed by atoms with E-state index < -0.39 is 0 Å². The maximum absolute atomic E-state index is 12.6. The largest absolute Gasteiger partial charge is 0.343 e. The second-order valence-corrected chi connectivity index (χ2v) is 6.54. The van der Waals surface area contributed by atoms with Crippen molar-refractivity contribution in [2.45, 2.75) is 26.7 Å². The summed E-state index contributed by atoms with van der Waals surface area (Å²) in [6.07, 6.45) is 1.40. The first-order valence-corrected chi connectivity index (χ1v) is 8.76. The zero-order valence-corrected chi connectivity index (χ0v) is 15.0. The Labute approximate surface area is 147 Å². The third-order valence-corrected chi connectivity index (χ3v) is 4.92. The number of carbonyl (C=O) groups is 2. The highest BCUT2D eigenvalue weighted by atomic mass is 35.5. The van der Waals surface area contributed by atoms with E-state index in [1.165, 1.54) is 0 Å². The van der Waals surface area contributed by atoms with Gasteiger partial charge in [0.1, 0.15) is 0 Å². The fourth-order valence-corrected chi connectivity index (χ4v) is 3.45. The predicted octanol–water partition coefficient (Wildman–Crippen LogP) is 3.71. The van der Waals surface area contributed by atoms with Gasteiger partial charge < -0.3 is 9.80 Å². The Bertz CT molecular complexity index is 580. The Kier molecular flexibility index (Phi) is 6.31. The average Bonchev–Trinajstić information content (AvgIpc) is 2.55. The summed E-state index contributed by atoms with van der Waals surface area (Å²) in [5.74, 6) is 0.117. The summed E-state index contributed by atoms with van der Waals surface area (Å²) in [6.45, 7) is 6.60. The van der Waals surface area contributed by atoms with Gasteiger partial charge in [0.25, 0.3) is 5.91 Å². The van der Waals surface area contributed by atoms with Crippen molar-refractivity contribution >= 4 is 35.0 Å². The van der Waals surface area contributed by atoms with Crippen LogP contribution in [0.3, 0.4) is 0 Å². The molecule has 0 saturated carbocycles. The second-order valence-electron chi connectivity index (χ2n) is 5.70. The molecule has 0 N–H and O–H groups in total. The Morgan fingerprint density at radius 3 is 2.30 bits per heavy atom. The Morgan fingerprint density at radius 1 is 1.17 bits per heavy atom. The molecule has 6 heteroatoms. The molecule has 1 aromatic rings. The molecule has 0 bridgehead atoms. The minimum atomic E-state index is -0.0968. The first kappa shape index (κ1) is 18.1. The highest BCUT2D eigenvalue weighted by Gasteiger charge is 2.30. The fraction of sp³-hybridized carbons (Fsp3) is 0.529. The SMILES string of the molecule is CCN(CC)C(=O)C1CCN(C(=O)c2ccc(Cl)cc2Cl)CC1. The number of rotatable bonds is 4. The topological polar surface area (TPSA) is 40.6 Å². The van der Waals surface area contributed by atoms with Gasteiger partial charge in [-0.05, 0) is 44.9 Å². The lowest BCUT2D eigenvalue weighted by molar-refractivity contribution is -0.136. The summed E-state index contributed by atoms with van der Waals surface area (Å²) in [7, 11) is 0. The van der Waals surface area contributed by atoms with Crippen LogP contribution in [-0.2, 0) is 4.79 Å². The van der Waals surface area contributed by atoms with Crippen LogP contribution in [0.15, 0.2) is 18.2 Å². The van der Waals surface area contributed by atoms with Crippen LogP contribution in [0.5, 0.6) is 0 Å². The molecule has 1 fully saturated rings. The lowest BCUT2D eigenvalue weighted by Crippen LogP contribution is -2.44. The number of benzene rings is 1. The van der Waals surface area contributed by atoms with Crippen molar-refractivity contribution in [1.29, 1.82) is 0 Å². The normalized spacial score (nSPS) is 15.6. The number of nitrogens with zero attached hydrogens (tertiary/aromatic N) is 2. The van der Waals surface area contributed by atoms with E-state index >= 15 is 0 Å². The van der Waals surface area contributed by atoms with Crippen molar-refractivity contribution in [3.8, 4) is 0 Å². The molecule has 0 aromatic heterocycles. The number of carbonyl (C=O) groups excluding carboxylic acids is 2. The number of halogens is 2. The molecule has 23 heavy (non-hydrogen) atoms. The van der Waals surface area contributed by atoms with Gasteiger partial charge in [-0.15, -0.1) is 0 Å². The highest BCUT2D eigenvalue weighted by molar-refractivity contribution is 6.36. The van der Waals surface area contributed by atoms with Gasteiger partial charge in [-0.2, -0.15) is 0 Å². The molecule has 0 aliphatic carbocycles. The lowest BCUT2D eigenvalue weighted by Gasteiger charge is -2.34. The van der Waals surface area contributed by atoms with Gasteiger partial charge in [-0.25, -0.2) is 0 Å². The summed E-state index contributed by atoms with van der Waals surface area (Å²) >= 11 is 12.0. The lowest BCUT2D eigenvalue weighted by atomic mass is 9.94. The molecule has 0 radical (unpaired) electrons. The predicted molar refractivity (Wildman–Crippen MR) is 93.0 cm³/mol. The minimum Gasteiger partial charge on any atom is -0.343 e. The van der Waals surface area contributed by atoms with Crippen molar-refractivity contribution in [3.63, 3.8) is 0 Å².